The van der Waals surface area contributed by atoms with Crippen LogP contribution in [0.2, 0.25) is 0 Å². The van der Waals surface area contributed by atoms with Crippen LogP contribution in [-0.2, 0) is 61.9 Å². The molecule has 1 fully saturated rings. The minimum Gasteiger partial charge on any atom is -0.481 e. The Morgan fingerprint density at radius 2 is 1.09 bits per heavy atom. The highest BCUT2D eigenvalue weighted by atomic mass is 36.0. The molecule has 43 heavy (non-hydrogen) atoms. The summed E-state index contributed by atoms with van der Waals surface area (Å²) in [5.41, 5.74) is 0. The number of carboxylic acid groups (broad SMARTS) is 1. The van der Waals surface area contributed by atoms with E-state index in [4.69, 9.17) is 32.5 Å². The van der Waals surface area contributed by atoms with Crippen LogP contribution >= 0.6 is 44.6 Å². The Bertz CT molecular complexity index is 910. The molecule has 1 heterocycles. The summed E-state index contributed by atoms with van der Waals surface area (Å²) in [5, 5.41) is 6.85. The number of rotatable bonds is 12. The van der Waals surface area contributed by atoms with E-state index in [1.54, 1.807) is 6.92 Å². The van der Waals surface area contributed by atoms with Gasteiger partial charge in [-0.3, -0.25) is 24.0 Å². The molecule has 18 heteroatoms. The fourth-order valence-electron chi connectivity index (χ4n) is 2.01. The molecule has 0 spiro atoms. The predicted octanol–water partition coefficient (Wildman–Crippen LogP) is 4.68. The summed E-state index contributed by atoms with van der Waals surface area (Å²) in [7, 11) is 7.36. The minimum absolute atomic E-state index is 0.000926. The molecule has 0 amide bonds. The number of ether oxygens (including phenoxy) is 2. The molecule has 13 nitrogen and oxygen atoms in total. The Balaban J connectivity index is -0.000000235. The lowest BCUT2D eigenvalue weighted by Gasteiger charge is -2.10. The van der Waals surface area contributed by atoms with Crippen molar-refractivity contribution >= 4 is 106 Å². The van der Waals surface area contributed by atoms with Crippen LogP contribution in [0.25, 0.3) is 0 Å². The van der Waals surface area contributed by atoms with E-state index in [0.717, 1.165) is 0 Å². The van der Waals surface area contributed by atoms with Gasteiger partial charge in [0, 0.05) is 59.9 Å². The lowest BCUT2D eigenvalue weighted by Crippen LogP contribution is -2.13. The Labute approximate surface area is 271 Å². The molecule has 1 atom stereocenters. The third kappa shape index (κ3) is 52.8. The summed E-state index contributed by atoms with van der Waals surface area (Å²) in [6.07, 6.45) is 1.57. The van der Waals surface area contributed by atoms with E-state index < -0.39 is 37.4 Å². The van der Waals surface area contributed by atoms with Gasteiger partial charge in [-0.05, 0) is 46.2 Å². The molecule has 1 rings (SSSR count). The van der Waals surface area contributed by atoms with Crippen LogP contribution in [0, 0.1) is 0 Å². The zero-order valence-electron chi connectivity index (χ0n) is 24.3. The molecule has 1 unspecified atom stereocenters. The Kier molecular flexibility index (Phi) is 31.6. The number of hydrogen-bond acceptors (Lipinski definition) is 12. The zero-order valence-corrected chi connectivity index (χ0v) is 28.2. The molecule has 1 N–H and O–H groups in total. The molecule has 1 aliphatic rings. The van der Waals surface area contributed by atoms with E-state index >= 15 is 0 Å². The molecule has 0 radical (unpaired) electrons. The summed E-state index contributed by atoms with van der Waals surface area (Å²) in [5.74, 6) is -2.90. The molecule has 1 aliphatic heterocycles. The van der Waals surface area contributed by atoms with Crippen molar-refractivity contribution in [1.29, 1.82) is 0 Å². The quantitative estimate of drug-likeness (QED) is 0.126. The molecule has 1 saturated heterocycles. The van der Waals surface area contributed by atoms with Gasteiger partial charge in [0.1, 0.15) is 23.1 Å². The van der Waals surface area contributed by atoms with Crippen molar-refractivity contribution < 1.29 is 61.9 Å². The molecule has 0 aromatic heterocycles. The van der Waals surface area contributed by atoms with E-state index in [1.807, 2.05) is 0 Å². The second-order valence-electron chi connectivity index (χ2n) is 8.66. The molecular weight excluding hydrogens is 682 g/mol. The fraction of sp³-hybridized carbons (Fsp3) is 0.640. The number of alkyl halides is 1. The zero-order chi connectivity index (χ0) is 34.8. The number of carboxylic acids is 1. The van der Waals surface area contributed by atoms with Crippen LogP contribution in [0.15, 0.2) is 0 Å². The Hall–Kier alpha value is -2.26. The first-order chi connectivity index (χ1) is 19.5. The van der Waals surface area contributed by atoms with Gasteiger partial charge in [-0.15, -0.1) is 0 Å². The molecule has 0 aromatic carbocycles. The number of aliphatic carboxylic acids is 1. The van der Waals surface area contributed by atoms with Gasteiger partial charge in [-0.1, -0.05) is 11.6 Å². The van der Waals surface area contributed by atoms with Gasteiger partial charge in [-0.2, -0.15) is 0 Å². The van der Waals surface area contributed by atoms with Crippen molar-refractivity contribution in [3.63, 3.8) is 0 Å². The van der Waals surface area contributed by atoms with Crippen LogP contribution < -0.4 is 0 Å². The van der Waals surface area contributed by atoms with Gasteiger partial charge in [-0.25, -0.2) is 4.21 Å². The number of cyclic esters (lactones) is 1. The monoisotopic (exact) mass is 716 g/mol. The summed E-state index contributed by atoms with van der Waals surface area (Å²) < 4.78 is 18.1. The normalized spacial score (nSPS) is 14.3. The van der Waals surface area contributed by atoms with E-state index in [-0.39, 0.29) is 80.5 Å². The largest absolute Gasteiger partial charge is 0.481 e. The second kappa shape index (κ2) is 28.5. The number of carbonyl (C=O) groups excluding carboxylic acids is 8. The molecule has 0 saturated carbocycles. The number of ketones is 4. The van der Waals surface area contributed by atoms with Gasteiger partial charge in [0.15, 0.2) is 5.06 Å². The summed E-state index contributed by atoms with van der Waals surface area (Å²) in [6.45, 7) is 7.21. The third-order valence-corrected chi connectivity index (χ3v) is 4.51. The van der Waals surface area contributed by atoms with Crippen molar-refractivity contribution in [1.82, 2.24) is 0 Å². The van der Waals surface area contributed by atoms with E-state index in [2.05, 4.69) is 30.8 Å². The first kappa shape index (κ1) is 47.7. The maximum absolute atomic E-state index is 10.9. The Morgan fingerprint density at radius 1 is 0.767 bits per heavy atom. The lowest BCUT2D eigenvalue weighted by molar-refractivity contribution is -0.160. The summed E-state index contributed by atoms with van der Waals surface area (Å²) in [6, 6.07) is 0. The van der Waals surface area contributed by atoms with Crippen LogP contribution in [0.5, 0.6) is 0 Å². The molecular formula is C25H36Cl4O13S. The summed E-state index contributed by atoms with van der Waals surface area (Å²) in [4.78, 5) is 93.2. The fourth-order valence-corrected chi connectivity index (χ4v) is 2.28. The van der Waals surface area contributed by atoms with Gasteiger partial charge in [0.25, 0.3) is 0 Å². The van der Waals surface area contributed by atoms with Crippen molar-refractivity contribution in [2.75, 3.05) is 0 Å². The highest BCUT2D eigenvalue weighted by molar-refractivity contribution is 8.26. The van der Waals surface area contributed by atoms with Gasteiger partial charge >= 0.3 is 23.9 Å². The number of halogens is 4. The number of hydrogen-bond donors (Lipinski definition) is 1. The average molecular weight is 718 g/mol. The maximum Gasteiger partial charge on any atom is 0.313 e. The maximum atomic E-state index is 10.9. The lowest BCUT2D eigenvalue weighted by atomic mass is 10.2. The standard InChI is InChI=1S/C10H14O5.2C5H7ClO2.C5H8O3.Cl2OS/c1-7(11)3-5-9(13)15-10(14)6-4-8(2)12;1-5(6)3-2-4(7)8-5;1-4(7)2-3-5(6)8;1-4(6)2-3-5(7)8;1-4(2)3/h3-6H2,1-2H3;2*2-3H2,1H3;2-3H2,1H3,(H,7,8);. The van der Waals surface area contributed by atoms with Gasteiger partial charge in [0.2, 0.25) is 14.5 Å². The molecule has 0 aromatic rings. The smallest absolute Gasteiger partial charge is 0.313 e. The Morgan fingerprint density at radius 3 is 1.26 bits per heavy atom. The molecule has 0 aliphatic carbocycles. The number of Topliss-reactive ketones (excluding diaryl/α,β-unsaturated/α-hetero) is 4. The van der Waals surface area contributed by atoms with Crippen molar-refractivity contribution in [3.05, 3.63) is 0 Å². The van der Waals surface area contributed by atoms with E-state index in [1.165, 1.54) is 27.7 Å². The van der Waals surface area contributed by atoms with E-state index in [0.29, 0.717) is 12.8 Å². The highest BCUT2D eigenvalue weighted by Crippen LogP contribution is 2.29. The topological polar surface area (TPSA) is 209 Å². The van der Waals surface area contributed by atoms with Crippen molar-refractivity contribution in [3.8, 4) is 0 Å². The predicted molar refractivity (Wildman–Crippen MR) is 159 cm³/mol. The van der Waals surface area contributed by atoms with Crippen LogP contribution in [0.4, 0.5) is 0 Å². The van der Waals surface area contributed by atoms with Gasteiger partial charge < -0.3 is 33.8 Å². The first-order valence-corrected chi connectivity index (χ1v) is 15.8. The van der Waals surface area contributed by atoms with Crippen LogP contribution in [0.1, 0.15) is 98.8 Å². The minimum atomic E-state index is -1.67. The van der Waals surface area contributed by atoms with Crippen molar-refractivity contribution in [2.45, 2.75) is 104 Å². The first-order valence-electron chi connectivity index (χ1n) is 12.3. The summed E-state index contributed by atoms with van der Waals surface area (Å²) >= 11 is 10.6. The van der Waals surface area contributed by atoms with Crippen molar-refractivity contribution in [2.24, 2.45) is 0 Å². The number of carbonyl (C=O) groups is 9. The number of esters is 3. The van der Waals surface area contributed by atoms with E-state index in [9.17, 15) is 43.2 Å². The molecule has 0 bridgehead atoms. The average Bonchev–Trinajstić information content (AvgIpc) is 3.15. The highest BCUT2D eigenvalue weighted by Gasteiger charge is 2.32. The van der Waals surface area contributed by atoms with Crippen LogP contribution in [-0.4, -0.2) is 66.6 Å². The van der Waals surface area contributed by atoms with Gasteiger partial charge in [0.05, 0.1) is 25.7 Å². The SMILES string of the molecule is CC(=O)CCC(=O)Cl.CC(=O)CCC(=O)O.CC(=O)CCC(=O)OC(=O)CCC(C)=O.CC1(Cl)CCC(=O)O1.O=S(Cl)Cl. The molecule has 248 valence electrons. The third-order valence-electron chi connectivity index (χ3n) is 4.06. The van der Waals surface area contributed by atoms with Crippen LogP contribution in [0.3, 0.4) is 0 Å². The second-order valence-corrected chi connectivity index (χ2v) is 12.4.